The number of methoxy groups -OCH3 is 1. The smallest absolute Gasteiger partial charge is 0.256 e. The minimum absolute atomic E-state index is 0.00571. The van der Waals surface area contributed by atoms with Crippen molar-refractivity contribution in [2.45, 2.75) is 25.4 Å². The van der Waals surface area contributed by atoms with Crippen molar-refractivity contribution in [2.75, 3.05) is 20.2 Å². The van der Waals surface area contributed by atoms with E-state index in [1.165, 1.54) is 12.1 Å². The lowest BCUT2D eigenvalue weighted by atomic mass is 9.96. The van der Waals surface area contributed by atoms with E-state index < -0.39 is 5.82 Å². The summed E-state index contributed by atoms with van der Waals surface area (Å²) < 4.78 is 23.9. The number of hydrogen-bond acceptors (Lipinski definition) is 5. The first-order valence-corrected chi connectivity index (χ1v) is 7.54. The van der Waals surface area contributed by atoms with Crippen molar-refractivity contribution < 1.29 is 18.4 Å². The number of aromatic nitrogens is 2. The average Bonchev–Trinajstić information content (AvgIpc) is 3.04. The van der Waals surface area contributed by atoms with Crippen LogP contribution in [-0.4, -0.2) is 41.1 Å². The Labute approximate surface area is 133 Å². The van der Waals surface area contributed by atoms with Crippen molar-refractivity contribution in [3.05, 3.63) is 47.4 Å². The van der Waals surface area contributed by atoms with Gasteiger partial charge in [0, 0.05) is 26.1 Å². The van der Waals surface area contributed by atoms with Crippen LogP contribution in [0.4, 0.5) is 4.39 Å². The molecule has 1 aromatic carbocycles. The largest absolute Gasteiger partial charge is 0.375 e. The van der Waals surface area contributed by atoms with Crippen LogP contribution in [-0.2, 0) is 11.3 Å². The molecule has 1 unspecified atom stereocenters. The van der Waals surface area contributed by atoms with Gasteiger partial charge in [0.05, 0.1) is 5.56 Å². The van der Waals surface area contributed by atoms with E-state index in [2.05, 4.69) is 10.1 Å². The molecule has 0 saturated carbocycles. The fourth-order valence-corrected chi connectivity index (χ4v) is 2.79. The molecule has 1 aromatic heterocycles. The summed E-state index contributed by atoms with van der Waals surface area (Å²) in [7, 11) is 1.55. The predicted molar refractivity (Wildman–Crippen MR) is 79.3 cm³/mol. The number of benzene rings is 1. The van der Waals surface area contributed by atoms with Crippen LogP contribution in [0, 0.1) is 5.82 Å². The molecule has 1 fully saturated rings. The average molecular weight is 319 g/mol. The van der Waals surface area contributed by atoms with Gasteiger partial charge in [0.15, 0.2) is 5.82 Å². The van der Waals surface area contributed by atoms with Gasteiger partial charge in [0.1, 0.15) is 12.4 Å². The molecule has 1 aliphatic rings. The molecule has 3 rings (SSSR count). The highest BCUT2D eigenvalue weighted by molar-refractivity contribution is 5.94. The number of ether oxygens (including phenoxy) is 1. The third-order valence-corrected chi connectivity index (χ3v) is 3.93. The van der Waals surface area contributed by atoms with Gasteiger partial charge in [-0.1, -0.05) is 17.3 Å². The van der Waals surface area contributed by atoms with Gasteiger partial charge in [-0.05, 0) is 25.0 Å². The van der Waals surface area contributed by atoms with Crippen LogP contribution in [0.15, 0.2) is 28.8 Å². The van der Waals surface area contributed by atoms with Crippen LogP contribution in [0.3, 0.4) is 0 Å². The van der Waals surface area contributed by atoms with Crippen LogP contribution in [0.1, 0.15) is 40.8 Å². The maximum Gasteiger partial charge on any atom is 0.256 e. The first kappa shape index (κ1) is 15.6. The van der Waals surface area contributed by atoms with Crippen molar-refractivity contribution in [3.63, 3.8) is 0 Å². The van der Waals surface area contributed by atoms with E-state index in [1.54, 1.807) is 24.1 Å². The van der Waals surface area contributed by atoms with Crippen molar-refractivity contribution in [1.82, 2.24) is 15.0 Å². The molecule has 0 spiro atoms. The molecule has 0 N–H and O–H groups in total. The van der Waals surface area contributed by atoms with Gasteiger partial charge in [0.2, 0.25) is 0 Å². The van der Waals surface area contributed by atoms with E-state index in [4.69, 9.17) is 9.26 Å². The van der Waals surface area contributed by atoms with E-state index in [1.807, 2.05) is 0 Å². The fraction of sp³-hybridized carbons (Fsp3) is 0.438. The molecule has 1 amide bonds. The van der Waals surface area contributed by atoms with Crippen molar-refractivity contribution in [3.8, 4) is 0 Å². The number of hydrogen-bond donors (Lipinski definition) is 0. The molecule has 2 heterocycles. The van der Waals surface area contributed by atoms with E-state index in [0.717, 1.165) is 12.8 Å². The van der Waals surface area contributed by atoms with Crippen LogP contribution < -0.4 is 0 Å². The van der Waals surface area contributed by atoms with Gasteiger partial charge in [-0.25, -0.2) is 4.39 Å². The van der Waals surface area contributed by atoms with Crippen molar-refractivity contribution in [1.29, 1.82) is 0 Å². The molecule has 7 heteroatoms. The van der Waals surface area contributed by atoms with Gasteiger partial charge in [-0.3, -0.25) is 4.79 Å². The fourth-order valence-electron chi connectivity index (χ4n) is 2.79. The zero-order chi connectivity index (χ0) is 16.2. The molecule has 1 atom stereocenters. The molecule has 0 bridgehead atoms. The summed E-state index contributed by atoms with van der Waals surface area (Å²) in [5.41, 5.74) is 0.0985. The van der Waals surface area contributed by atoms with Gasteiger partial charge in [-0.2, -0.15) is 4.98 Å². The van der Waals surface area contributed by atoms with E-state index in [-0.39, 0.29) is 24.0 Å². The normalized spacial score (nSPS) is 18.2. The molecular weight excluding hydrogens is 301 g/mol. The second-order valence-corrected chi connectivity index (χ2v) is 5.55. The molecule has 0 radical (unpaired) electrons. The van der Waals surface area contributed by atoms with Crippen LogP contribution in [0.5, 0.6) is 0 Å². The SMILES string of the molecule is COCc1nc(C2CCCN(C(=O)c3ccccc3F)C2)no1. The Morgan fingerprint density at radius 1 is 1.48 bits per heavy atom. The lowest BCUT2D eigenvalue weighted by molar-refractivity contribution is 0.0699. The maximum absolute atomic E-state index is 13.8. The van der Waals surface area contributed by atoms with Gasteiger partial charge < -0.3 is 14.2 Å². The summed E-state index contributed by atoms with van der Waals surface area (Å²) >= 11 is 0. The number of nitrogens with zero attached hydrogens (tertiary/aromatic N) is 3. The second kappa shape index (κ2) is 6.87. The number of carbonyl (C=O) groups excluding carboxylic acids is 1. The van der Waals surface area contributed by atoms with Crippen LogP contribution >= 0.6 is 0 Å². The number of carbonyl (C=O) groups is 1. The highest BCUT2D eigenvalue weighted by Crippen LogP contribution is 2.26. The molecule has 23 heavy (non-hydrogen) atoms. The summed E-state index contributed by atoms with van der Waals surface area (Å²) in [6.07, 6.45) is 1.69. The third kappa shape index (κ3) is 3.39. The zero-order valence-corrected chi connectivity index (χ0v) is 12.9. The van der Waals surface area contributed by atoms with Crippen LogP contribution in [0.25, 0.3) is 0 Å². The second-order valence-electron chi connectivity index (χ2n) is 5.55. The molecule has 2 aromatic rings. The number of piperidine rings is 1. The zero-order valence-electron chi connectivity index (χ0n) is 12.9. The third-order valence-electron chi connectivity index (χ3n) is 3.93. The Hall–Kier alpha value is -2.28. The lowest BCUT2D eigenvalue weighted by Gasteiger charge is -2.31. The van der Waals surface area contributed by atoms with Gasteiger partial charge in [0.25, 0.3) is 11.8 Å². The first-order valence-electron chi connectivity index (χ1n) is 7.54. The first-order chi connectivity index (χ1) is 11.2. The molecule has 6 nitrogen and oxygen atoms in total. The van der Waals surface area contributed by atoms with E-state index in [9.17, 15) is 9.18 Å². The minimum Gasteiger partial charge on any atom is -0.375 e. The Morgan fingerprint density at radius 2 is 2.30 bits per heavy atom. The van der Waals surface area contributed by atoms with Gasteiger partial charge in [-0.15, -0.1) is 0 Å². The Morgan fingerprint density at radius 3 is 3.09 bits per heavy atom. The molecule has 1 saturated heterocycles. The van der Waals surface area contributed by atoms with Crippen molar-refractivity contribution >= 4 is 5.91 Å². The quantitative estimate of drug-likeness (QED) is 0.865. The standard InChI is InChI=1S/C16H18FN3O3/c1-22-10-14-18-15(19-23-14)11-5-4-8-20(9-11)16(21)12-6-2-3-7-13(12)17/h2-3,6-7,11H,4-5,8-10H2,1H3. The minimum atomic E-state index is -0.499. The monoisotopic (exact) mass is 319 g/mol. The summed E-state index contributed by atoms with van der Waals surface area (Å²) in [5, 5.41) is 3.96. The summed E-state index contributed by atoms with van der Waals surface area (Å²) in [6.45, 7) is 1.32. The lowest BCUT2D eigenvalue weighted by Crippen LogP contribution is -2.39. The number of rotatable bonds is 4. The number of halogens is 1. The van der Waals surface area contributed by atoms with E-state index in [0.29, 0.717) is 24.8 Å². The summed E-state index contributed by atoms with van der Waals surface area (Å²) in [4.78, 5) is 18.5. The Balaban J connectivity index is 1.72. The Bertz CT molecular complexity index is 689. The Kier molecular flexibility index (Phi) is 4.66. The number of amides is 1. The summed E-state index contributed by atoms with van der Waals surface area (Å²) in [5.74, 6) is 0.187. The van der Waals surface area contributed by atoms with E-state index >= 15 is 0 Å². The van der Waals surface area contributed by atoms with Crippen LogP contribution in [0.2, 0.25) is 0 Å². The summed E-state index contributed by atoms with van der Waals surface area (Å²) in [6, 6.07) is 6.03. The highest BCUT2D eigenvalue weighted by atomic mass is 19.1. The number of likely N-dealkylation sites (tertiary alicyclic amines) is 1. The topological polar surface area (TPSA) is 68.5 Å². The molecular formula is C16H18FN3O3. The highest BCUT2D eigenvalue weighted by Gasteiger charge is 2.29. The molecule has 122 valence electrons. The van der Waals surface area contributed by atoms with Crippen molar-refractivity contribution in [2.24, 2.45) is 0 Å². The predicted octanol–water partition coefficient (Wildman–Crippen LogP) is 2.37. The maximum atomic E-state index is 13.8. The molecule has 0 aliphatic carbocycles. The van der Waals surface area contributed by atoms with Gasteiger partial charge >= 0.3 is 0 Å². The molecule has 1 aliphatic heterocycles.